The monoisotopic (exact) mass is 347 g/mol. The van der Waals surface area contributed by atoms with Crippen molar-refractivity contribution in [2.45, 2.75) is 6.18 Å². The van der Waals surface area contributed by atoms with Gasteiger partial charge < -0.3 is 9.80 Å². The quantitative estimate of drug-likeness (QED) is 0.634. The summed E-state index contributed by atoms with van der Waals surface area (Å²) in [6, 6.07) is 3.62. The lowest BCUT2D eigenvalue weighted by atomic mass is 10.1. The van der Waals surface area contributed by atoms with E-state index in [2.05, 4.69) is 31.8 Å². The van der Waals surface area contributed by atoms with Crippen LogP contribution in [0.2, 0.25) is 0 Å². The standard InChI is InChI=1S/C17H16F3N5/c1-24-4-6-25(7-5-24)16-15-13(9-21-10-22-15)12-8-11(17(18,19)20)2-3-14(12)23-16/h2-3,8-10H,4-7H2,1H3. The van der Waals surface area contributed by atoms with Gasteiger partial charge in [-0.1, -0.05) is 0 Å². The average molecular weight is 347 g/mol. The molecule has 1 saturated heterocycles. The van der Waals surface area contributed by atoms with Crippen LogP contribution < -0.4 is 4.90 Å². The third kappa shape index (κ3) is 2.86. The summed E-state index contributed by atoms with van der Waals surface area (Å²) in [6.45, 7) is 3.40. The highest BCUT2D eigenvalue weighted by molar-refractivity contribution is 6.08. The lowest BCUT2D eigenvalue weighted by Gasteiger charge is -2.33. The van der Waals surface area contributed by atoms with Gasteiger partial charge in [-0.3, -0.25) is 0 Å². The van der Waals surface area contributed by atoms with Crippen LogP contribution in [-0.2, 0) is 6.18 Å². The minimum atomic E-state index is -4.40. The minimum Gasteiger partial charge on any atom is -0.352 e. The zero-order chi connectivity index (χ0) is 17.6. The van der Waals surface area contributed by atoms with Crippen LogP contribution in [0.1, 0.15) is 5.56 Å². The first-order valence-corrected chi connectivity index (χ1v) is 7.97. The van der Waals surface area contributed by atoms with Gasteiger partial charge in [0, 0.05) is 43.1 Å². The smallest absolute Gasteiger partial charge is 0.352 e. The Morgan fingerprint density at radius 2 is 1.80 bits per heavy atom. The number of halogens is 3. The highest BCUT2D eigenvalue weighted by Gasteiger charge is 2.31. The summed E-state index contributed by atoms with van der Waals surface area (Å²) in [5.41, 5.74) is 0.412. The molecule has 0 aliphatic carbocycles. The largest absolute Gasteiger partial charge is 0.416 e. The molecule has 3 aromatic rings. The lowest BCUT2D eigenvalue weighted by Crippen LogP contribution is -2.45. The fraction of sp³-hybridized carbons (Fsp3) is 0.353. The van der Waals surface area contributed by atoms with E-state index in [0.717, 1.165) is 38.3 Å². The van der Waals surface area contributed by atoms with E-state index in [0.29, 0.717) is 27.6 Å². The number of anilines is 1. The van der Waals surface area contributed by atoms with E-state index in [-0.39, 0.29) is 0 Å². The molecule has 0 N–H and O–H groups in total. The summed E-state index contributed by atoms with van der Waals surface area (Å²) in [4.78, 5) is 17.3. The van der Waals surface area contributed by atoms with E-state index in [4.69, 9.17) is 0 Å². The zero-order valence-electron chi connectivity index (χ0n) is 13.6. The number of rotatable bonds is 1. The Morgan fingerprint density at radius 1 is 1.04 bits per heavy atom. The third-order valence-electron chi connectivity index (χ3n) is 4.57. The van der Waals surface area contributed by atoms with Crippen molar-refractivity contribution in [3.63, 3.8) is 0 Å². The molecule has 1 aliphatic heterocycles. The highest BCUT2D eigenvalue weighted by Crippen LogP contribution is 2.35. The highest BCUT2D eigenvalue weighted by atomic mass is 19.4. The number of alkyl halides is 3. The maximum absolute atomic E-state index is 13.1. The SMILES string of the molecule is CN1CCN(c2nc3ccc(C(F)(F)F)cc3c3cncnc23)CC1. The summed E-state index contributed by atoms with van der Waals surface area (Å²) < 4.78 is 39.2. The van der Waals surface area contributed by atoms with Crippen LogP contribution >= 0.6 is 0 Å². The predicted octanol–water partition coefficient (Wildman–Crippen LogP) is 2.95. The predicted molar refractivity (Wildman–Crippen MR) is 89.6 cm³/mol. The molecule has 0 radical (unpaired) electrons. The van der Waals surface area contributed by atoms with E-state index in [1.807, 2.05) is 0 Å². The summed E-state index contributed by atoms with van der Waals surface area (Å²) in [7, 11) is 2.06. The number of pyridine rings is 1. The van der Waals surface area contributed by atoms with Crippen LogP contribution in [0.5, 0.6) is 0 Å². The molecule has 8 heteroatoms. The van der Waals surface area contributed by atoms with Gasteiger partial charge in [0.2, 0.25) is 0 Å². The maximum Gasteiger partial charge on any atom is 0.416 e. The maximum atomic E-state index is 13.1. The van der Waals surface area contributed by atoms with Gasteiger partial charge >= 0.3 is 6.18 Å². The summed E-state index contributed by atoms with van der Waals surface area (Å²) in [5, 5.41) is 1.01. The van der Waals surface area contributed by atoms with E-state index >= 15 is 0 Å². The Balaban J connectivity index is 1.93. The van der Waals surface area contributed by atoms with Crippen molar-refractivity contribution in [2.24, 2.45) is 0 Å². The van der Waals surface area contributed by atoms with Crippen molar-refractivity contribution in [3.05, 3.63) is 36.3 Å². The molecule has 0 spiro atoms. The molecular weight excluding hydrogens is 331 g/mol. The number of likely N-dealkylation sites (N-methyl/N-ethyl adjacent to an activating group) is 1. The van der Waals surface area contributed by atoms with E-state index in [1.54, 1.807) is 6.20 Å². The second-order valence-corrected chi connectivity index (χ2v) is 6.24. The van der Waals surface area contributed by atoms with Crippen LogP contribution in [0.15, 0.2) is 30.7 Å². The Labute approximate surface area is 142 Å². The second kappa shape index (κ2) is 5.80. The molecule has 0 atom stereocenters. The molecular formula is C17H16F3N5. The summed E-state index contributed by atoms with van der Waals surface area (Å²) >= 11 is 0. The van der Waals surface area contributed by atoms with E-state index in [9.17, 15) is 13.2 Å². The number of fused-ring (bicyclic) bond motifs is 3. The first-order chi connectivity index (χ1) is 11.9. The Hall–Kier alpha value is -2.48. The van der Waals surface area contributed by atoms with Gasteiger partial charge in [-0.05, 0) is 25.2 Å². The van der Waals surface area contributed by atoms with Gasteiger partial charge in [-0.25, -0.2) is 15.0 Å². The second-order valence-electron chi connectivity index (χ2n) is 6.24. The van der Waals surface area contributed by atoms with Crippen LogP contribution in [0.3, 0.4) is 0 Å². The molecule has 0 bridgehead atoms. The number of piperazine rings is 1. The fourth-order valence-electron chi connectivity index (χ4n) is 3.14. The molecule has 1 fully saturated rings. The Kier molecular flexibility index (Phi) is 3.72. The minimum absolute atomic E-state index is 0.420. The van der Waals surface area contributed by atoms with E-state index < -0.39 is 11.7 Å². The third-order valence-corrected chi connectivity index (χ3v) is 4.57. The molecule has 4 rings (SSSR count). The van der Waals surface area contributed by atoms with Crippen molar-refractivity contribution in [1.82, 2.24) is 19.9 Å². The number of hydrogen-bond donors (Lipinski definition) is 0. The van der Waals surface area contributed by atoms with Gasteiger partial charge in [0.15, 0.2) is 5.82 Å². The van der Waals surface area contributed by atoms with Gasteiger partial charge in [0.25, 0.3) is 0 Å². The van der Waals surface area contributed by atoms with Gasteiger partial charge in [0.05, 0.1) is 11.1 Å². The normalized spacial score (nSPS) is 16.7. The van der Waals surface area contributed by atoms with Crippen LogP contribution in [0, 0.1) is 0 Å². The van der Waals surface area contributed by atoms with Crippen LogP contribution in [0.4, 0.5) is 19.0 Å². The van der Waals surface area contributed by atoms with Gasteiger partial charge in [-0.2, -0.15) is 13.2 Å². The van der Waals surface area contributed by atoms with Crippen molar-refractivity contribution in [1.29, 1.82) is 0 Å². The number of benzene rings is 1. The van der Waals surface area contributed by atoms with Crippen molar-refractivity contribution in [2.75, 3.05) is 38.1 Å². The number of aromatic nitrogens is 3. The fourth-order valence-corrected chi connectivity index (χ4v) is 3.14. The average Bonchev–Trinajstić information content (AvgIpc) is 2.60. The molecule has 3 heterocycles. The van der Waals surface area contributed by atoms with Crippen molar-refractivity contribution in [3.8, 4) is 0 Å². The van der Waals surface area contributed by atoms with Gasteiger partial charge in [0.1, 0.15) is 11.8 Å². The van der Waals surface area contributed by atoms with Crippen LogP contribution in [0.25, 0.3) is 21.8 Å². The molecule has 2 aromatic heterocycles. The molecule has 0 unspecified atom stereocenters. The molecule has 0 amide bonds. The summed E-state index contributed by atoms with van der Waals surface area (Å²) in [5.74, 6) is 0.706. The Bertz CT molecular complexity index is 933. The molecule has 1 aromatic carbocycles. The number of nitrogens with zero attached hydrogens (tertiary/aromatic N) is 5. The Morgan fingerprint density at radius 3 is 2.52 bits per heavy atom. The molecule has 5 nitrogen and oxygen atoms in total. The van der Waals surface area contributed by atoms with Crippen molar-refractivity contribution < 1.29 is 13.2 Å². The van der Waals surface area contributed by atoms with Gasteiger partial charge in [-0.15, -0.1) is 0 Å². The number of hydrogen-bond acceptors (Lipinski definition) is 5. The van der Waals surface area contributed by atoms with E-state index in [1.165, 1.54) is 12.4 Å². The summed E-state index contributed by atoms with van der Waals surface area (Å²) in [6.07, 6.45) is -1.43. The molecule has 130 valence electrons. The first kappa shape index (κ1) is 16.0. The molecule has 25 heavy (non-hydrogen) atoms. The topological polar surface area (TPSA) is 45.2 Å². The van der Waals surface area contributed by atoms with Crippen LogP contribution in [-0.4, -0.2) is 53.1 Å². The first-order valence-electron chi connectivity index (χ1n) is 7.97. The molecule has 1 aliphatic rings. The zero-order valence-corrected chi connectivity index (χ0v) is 13.6. The molecule has 0 saturated carbocycles. The van der Waals surface area contributed by atoms with Crippen molar-refractivity contribution >= 4 is 27.6 Å². The lowest BCUT2D eigenvalue weighted by molar-refractivity contribution is -0.137.